The normalized spacial score (nSPS) is 12.3. The molecule has 2 rings (SSSR count). The van der Waals surface area contributed by atoms with E-state index >= 15 is 0 Å². The number of aromatic nitrogens is 1. The Morgan fingerprint density at radius 3 is 2.60 bits per heavy atom. The number of pyridine rings is 1. The van der Waals surface area contributed by atoms with Crippen LogP contribution in [0.5, 0.6) is 5.75 Å². The molecule has 0 radical (unpaired) electrons. The van der Waals surface area contributed by atoms with Gasteiger partial charge in [-0.2, -0.15) is 0 Å². The molecule has 0 aliphatic carbocycles. The third-order valence-electron chi connectivity index (χ3n) is 3.46. The number of nitrogens with one attached hydrogen (secondary N) is 1. The summed E-state index contributed by atoms with van der Waals surface area (Å²) in [7, 11) is 0. The van der Waals surface area contributed by atoms with E-state index in [1.54, 1.807) is 12.1 Å². The van der Waals surface area contributed by atoms with Crippen LogP contribution in [0.4, 0.5) is 0 Å². The topological polar surface area (TPSA) is 45.1 Å². The van der Waals surface area contributed by atoms with E-state index in [1.807, 2.05) is 24.5 Å². The fraction of sp³-hybridized carbons (Fsp3) is 0.353. The van der Waals surface area contributed by atoms with Gasteiger partial charge in [0.25, 0.3) is 0 Å². The van der Waals surface area contributed by atoms with E-state index in [0.717, 1.165) is 19.4 Å². The number of nitrogens with zero attached hydrogens (tertiary/aromatic N) is 1. The van der Waals surface area contributed by atoms with Crippen LogP contribution in [0.15, 0.2) is 42.7 Å². The monoisotopic (exact) mass is 270 g/mol. The van der Waals surface area contributed by atoms with Crippen molar-refractivity contribution in [3.05, 3.63) is 59.4 Å². The second kappa shape index (κ2) is 7.06. The second-order valence-electron chi connectivity index (χ2n) is 5.11. The lowest BCUT2D eigenvalue weighted by molar-refractivity contribution is 0.474. The van der Waals surface area contributed by atoms with Gasteiger partial charge in [-0.3, -0.25) is 4.98 Å². The fourth-order valence-corrected chi connectivity index (χ4v) is 2.35. The quantitative estimate of drug-likeness (QED) is 0.846. The Bertz CT molecular complexity index is 537. The molecule has 106 valence electrons. The Morgan fingerprint density at radius 2 is 1.95 bits per heavy atom. The van der Waals surface area contributed by atoms with Gasteiger partial charge < -0.3 is 10.4 Å². The second-order valence-corrected chi connectivity index (χ2v) is 5.11. The van der Waals surface area contributed by atoms with Crippen LogP contribution < -0.4 is 5.32 Å². The lowest BCUT2D eigenvalue weighted by Crippen LogP contribution is -2.24. The van der Waals surface area contributed by atoms with Crippen molar-refractivity contribution in [2.45, 2.75) is 32.7 Å². The van der Waals surface area contributed by atoms with Gasteiger partial charge in [0.15, 0.2) is 0 Å². The van der Waals surface area contributed by atoms with Crippen molar-refractivity contribution in [2.24, 2.45) is 0 Å². The molecule has 3 nitrogen and oxygen atoms in total. The first kappa shape index (κ1) is 14.5. The fourth-order valence-electron chi connectivity index (χ4n) is 2.35. The van der Waals surface area contributed by atoms with Gasteiger partial charge in [-0.05, 0) is 61.2 Å². The molecule has 1 unspecified atom stereocenters. The molecule has 0 bridgehead atoms. The Morgan fingerprint density at radius 1 is 1.20 bits per heavy atom. The molecule has 0 saturated heterocycles. The average Bonchev–Trinajstić information content (AvgIpc) is 2.46. The van der Waals surface area contributed by atoms with Crippen LogP contribution in [0, 0.1) is 6.92 Å². The van der Waals surface area contributed by atoms with Crippen molar-refractivity contribution >= 4 is 0 Å². The van der Waals surface area contributed by atoms with Crippen LogP contribution >= 0.6 is 0 Å². The highest BCUT2D eigenvalue weighted by Crippen LogP contribution is 2.22. The van der Waals surface area contributed by atoms with Gasteiger partial charge in [-0.15, -0.1) is 0 Å². The van der Waals surface area contributed by atoms with Gasteiger partial charge in [0.05, 0.1) is 0 Å². The summed E-state index contributed by atoms with van der Waals surface area (Å²) in [5, 5.41) is 13.0. The summed E-state index contributed by atoms with van der Waals surface area (Å²) in [6, 6.07) is 9.81. The Balaban J connectivity index is 2.19. The highest BCUT2D eigenvalue weighted by atomic mass is 16.3. The van der Waals surface area contributed by atoms with E-state index in [4.69, 9.17) is 0 Å². The molecule has 20 heavy (non-hydrogen) atoms. The molecule has 1 heterocycles. The van der Waals surface area contributed by atoms with Crippen molar-refractivity contribution in [3.63, 3.8) is 0 Å². The van der Waals surface area contributed by atoms with Gasteiger partial charge >= 0.3 is 0 Å². The van der Waals surface area contributed by atoms with Crippen molar-refractivity contribution in [1.82, 2.24) is 10.3 Å². The summed E-state index contributed by atoms with van der Waals surface area (Å²) in [5.41, 5.74) is 3.72. The zero-order chi connectivity index (χ0) is 14.4. The van der Waals surface area contributed by atoms with Gasteiger partial charge in [-0.25, -0.2) is 0 Å². The summed E-state index contributed by atoms with van der Waals surface area (Å²) in [6.45, 7) is 5.26. The first-order chi connectivity index (χ1) is 9.70. The highest BCUT2D eigenvalue weighted by molar-refractivity contribution is 5.30. The minimum Gasteiger partial charge on any atom is -0.508 e. The molecule has 0 fully saturated rings. The highest BCUT2D eigenvalue weighted by Gasteiger charge is 2.13. The lowest BCUT2D eigenvalue weighted by atomic mass is 9.96. The van der Waals surface area contributed by atoms with E-state index in [0.29, 0.717) is 5.75 Å². The molecule has 0 amide bonds. The predicted molar refractivity (Wildman–Crippen MR) is 81.8 cm³/mol. The standard InChI is InChI=1S/C17H22N2O/c1-3-9-19-17(16-8-10-18-12-13(16)2)11-14-4-6-15(20)7-5-14/h4-8,10,12,17,19-20H,3,9,11H2,1-2H3. The van der Waals surface area contributed by atoms with Crippen LogP contribution in [-0.2, 0) is 6.42 Å². The molecule has 0 saturated carbocycles. The van der Waals surface area contributed by atoms with E-state index in [9.17, 15) is 5.11 Å². The third kappa shape index (κ3) is 3.81. The number of hydrogen-bond donors (Lipinski definition) is 2. The Hall–Kier alpha value is -1.87. The SMILES string of the molecule is CCCNC(Cc1ccc(O)cc1)c1ccncc1C. The van der Waals surface area contributed by atoms with Crippen molar-refractivity contribution in [3.8, 4) is 5.75 Å². The zero-order valence-corrected chi connectivity index (χ0v) is 12.1. The molecule has 1 aromatic carbocycles. The maximum absolute atomic E-state index is 9.37. The van der Waals surface area contributed by atoms with Crippen LogP contribution in [0.2, 0.25) is 0 Å². The number of rotatable bonds is 6. The third-order valence-corrected chi connectivity index (χ3v) is 3.46. The number of phenolic OH excluding ortho intramolecular Hbond substituents is 1. The summed E-state index contributed by atoms with van der Waals surface area (Å²) in [4.78, 5) is 4.17. The van der Waals surface area contributed by atoms with Crippen molar-refractivity contribution in [1.29, 1.82) is 0 Å². The molecule has 1 atom stereocenters. The van der Waals surface area contributed by atoms with Crippen LogP contribution in [-0.4, -0.2) is 16.6 Å². The summed E-state index contributed by atoms with van der Waals surface area (Å²) in [6.07, 6.45) is 5.77. The molecular formula is C17H22N2O. The zero-order valence-electron chi connectivity index (χ0n) is 12.1. The van der Waals surface area contributed by atoms with Crippen LogP contribution in [0.1, 0.15) is 36.1 Å². The lowest BCUT2D eigenvalue weighted by Gasteiger charge is -2.21. The van der Waals surface area contributed by atoms with E-state index in [1.165, 1.54) is 16.7 Å². The van der Waals surface area contributed by atoms with Crippen molar-refractivity contribution in [2.75, 3.05) is 6.54 Å². The molecule has 0 aliphatic heterocycles. The van der Waals surface area contributed by atoms with Gasteiger partial charge in [0, 0.05) is 18.4 Å². The summed E-state index contributed by atoms with van der Waals surface area (Å²) < 4.78 is 0. The number of benzene rings is 1. The first-order valence-electron chi connectivity index (χ1n) is 7.12. The van der Waals surface area contributed by atoms with Crippen LogP contribution in [0.3, 0.4) is 0 Å². The minimum atomic E-state index is 0.280. The minimum absolute atomic E-state index is 0.280. The Kier molecular flexibility index (Phi) is 5.13. The van der Waals surface area contributed by atoms with Crippen LogP contribution in [0.25, 0.3) is 0 Å². The number of aromatic hydroxyl groups is 1. The van der Waals surface area contributed by atoms with Gasteiger partial charge in [0.2, 0.25) is 0 Å². The number of hydrogen-bond acceptors (Lipinski definition) is 3. The predicted octanol–water partition coefficient (Wildman–Crippen LogP) is 3.38. The number of aryl methyl sites for hydroxylation is 1. The smallest absolute Gasteiger partial charge is 0.115 e. The maximum atomic E-state index is 9.37. The summed E-state index contributed by atoms with van der Waals surface area (Å²) in [5.74, 6) is 0.312. The molecular weight excluding hydrogens is 248 g/mol. The molecule has 2 aromatic rings. The first-order valence-corrected chi connectivity index (χ1v) is 7.12. The Labute approximate surface area is 120 Å². The number of phenols is 1. The molecule has 0 aliphatic rings. The van der Waals surface area contributed by atoms with E-state index in [2.05, 4.69) is 30.2 Å². The van der Waals surface area contributed by atoms with Gasteiger partial charge in [-0.1, -0.05) is 19.1 Å². The van der Waals surface area contributed by atoms with Gasteiger partial charge in [0.1, 0.15) is 5.75 Å². The molecule has 0 spiro atoms. The van der Waals surface area contributed by atoms with E-state index < -0.39 is 0 Å². The molecule has 3 heteroatoms. The van der Waals surface area contributed by atoms with Crippen molar-refractivity contribution < 1.29 is 5.11 Å². The average molecular weight is 270 g/mol. The summed E-state index contributed by atoms with van der Waals surface area (Å²) >= 11 is 0. The molecule has 1 aromatic heterocycles. The maximum Gasteiger partial charge on any atom is 0.115 e. The molecule has 2 N–H and O–H groups in total. The largest absolute Gasteiger partial charge is 0.508 e. The van der Waals surface area contributed by atoms with E-state index in [-0.39, 0.29) is 6.04 Å².